The highest BCUT2D eigenvalue weighted by molar-refractivity contribution is 4.55. The van der Waals surface area contributed by atoms with Gasteiger partial charge < -0.3 is 15.2 Å². The molecule has 1 unspecified atom stereocenters. The van der Waals surface area contributed by atoms with Gasteiger partial charge in [-0.25, -0.2) is 0 Å². The van der Waals surface area contributed by atoms with Crippen molar-refractivity contribution in [2.75, 3.05) is 32.9 Å². The molecule has 0 amide bonds. The van der Waals surface area contributed by atoms with Crippen molar-refractivity contribution in [2.45, 2.75) is 26.7 Å². The summed E-state index contributed by atoms with van der Waals surface area (Å²) < 4.78 is 5.31. The van der Waals surface area contributed by atoms with E-state index in [0.717, 1.165) is 39.1 Å². The van der Waals surface area contributed by atoms with Crippen molar-refractivity contribution in [3.63, 3.8) is 0 Å². The number of aliphatic hydroxyl groups is 1. The van der Waals surface area contributed by atoms with Crippen molar-refractivity contribution >= 4 is 0 Å². The van der Waals surface area contributed by atoms with E-state index in [1.807, 2.05) is 0 Å². The molecule has 1 atom stereocenters. The minimum absolute atomic E-state index is 0.287. The monoisotopic (exact) mass is 189 g/mol. The average Bonchev–Trinajstić information content (AvgIpc) is 2.11. The second kappa shape index (κ2) is 9.96. The lowest BCUT2D eigenvalue weighted by molar-refractivity contribution is 0.135. The number of aliphatic hydroxyl groups excluding tert-OH is 1. The van der Waals surface area contributed by atoms with Gasteiger partial charge in [-0.05, 0) is 25.3 Å². The van der Waals surface area contributed by atoms with Crippen LogP contribution in [0.1, 0.15) is 26.7 Å². The predicted molar refractivity (Wildman–Crippen MR) is 54.8 cm³/mol. The van der Waals surface area contributed by atoms with Gasteiger partial charge in [0.15, 0.2) is 0 Å². The summed E-state index contributed by atoms with van der Waals surface area (Å²) in [6, 6.07) is 0. The lowest BCUT2D eigenvalue weighted by Crippen LogP contribution is -2.25. The molecule has 0 aliphatic carbocycles. The lowest BCUT2D eigenvalue weighted by Gasteiger charge is -2.10. The Morgan fingerprint density at radius 3 is 2.77 bits per heavy atom. The van der Waals surface area contributed by atoms with Gasteiger partial charge in [-0.15, -0.1) is 0 Å². The first kappa shape index (κ1) is 12.9. The summed E-state index contributed by atoms with van der Waals surface area (Å²) in [5.74, 6) is 0.552. The zero-order valence-electron chi connectivity index (χ0n) is 8.88. The molecule has 13 heavy (non-hydrogen) atoms. The van der Waals surface area contributed by atoms with Crippen molar-refractivity contribution in [3.05, 3.63) is 0 Å². The molecule has 0 saturated carbocycles. The van der Waals surface area contributed by atoms with Crippen LogP contribution in [0.4, 0.5) is 0 Å². The van der Waals surface area contributed by atoms with E-state index < -0.39 is 0 Å². The summed E-state index contributed by atoms with van der Waals surface area (Å²) in [5.41, 5.74) is 0. The van der Waals surface area contributed by atoms with Crippen LogP contribution < -0.4 is 5.32 Å². The van der Waals surface area contributed by atoms with Crippen molar-refractivity contribution in [2.24, 2.45) is 5.92 Å². The van der Waals surface area contributed by atoms with E-state index in [4.69, 9.17) is 9.84 Å². The molecule has 0 radical (unpaired) electrons. The number of ether oxygens (including phenoxy) is 1. The summed E-state index contributed by atoms with van der Waals surface area (Å²) in [4.78, 5) is 0. The molecular weight excluding hydrogens is 166 g/mol. The third kappa shape index (κ3) is 9.80. The molecule has 80 valence electrons. The highest BCUT2D eigenvalue weighted by Crippen LogP contribution is 1.97. The van der Waals surface area contributed by atoms with Gasteiger partial charge >= 0.3 is 0 Å². The number of hydrogen-bond donors (Lipinski definition) is 2. The second-order valence-electron chi connectivity index (χ2n) is 3.43. The lowest BCUT2D eigenvalue weighted by atomic mass is 10.1. The van der Waals surface area contributed by atoms with Gasteiger partial charge in [0.1, 0.15) is 0 Å². The Morgan fingerprint density at radius 2 is 2.15 bits per heavy atom. The van der Waals surface area contributed by atoms with Gasteiger partial charge in [-0.3, -0.25) is 0 Å². The highest BCUT2D eigenvalue weighted by atomic mass is 16.5. The van der Waals surface area contributed by atoms with Crippen LogP contribution in [0.25, 0.3) is 0 Å². The zero-order valence-corrected chi connectivity index (χ0v) is 8.88. The summed E-state index contributed by atoms with van der Waals surface area (Å²) in [7, 11) is 0. The number of rotatable bonds is 9. The van der Waals surface area contributed by atoms with Crippen LogP contribution in [0.3, 0.4) is 0 Å². The molecule has 0 spiro atoms. The summed E-state index contributed by atoms with van der Waals surface area (Å²) in [6.07, 6.45) is 1.96. The minimum atomic E-state index is 0.287. The molecule has 3 heteroatoms. The topological polar surface area (TPSA) is 41.5 Å². The Labute approximate surface area is 81.5 Å². The third-order valence-corrected chi connectivity index (χ3v) is 1.89. The first-order valence-corrected chi connectivity index (χ1v) is 5.20. The van der Waals surface area contributed by atoms with Gasteiger partial charge in [-0.2, -0.15) is 0 Å². The summed E-state index contributed by atoms with van der Waals surface area (Å²) >= 11 is 0. The SMILES string of the molecule is CCCOCCNCC(C)CCO. The van der Waals surface area contributed by atoms with Crippen molar-refractivity contribution in [3.8, 4) is 0 Å². The van der Waals surface area contributed by atoms with Crippen molar-refractivity contribution < 1.29 is 9.84 Å². The normalized spacial score (nSPS) is 13.2. The maximum Gasteiger partial charge on any atom is 0.0590 e. The Hall–Kier alpha value is -0.120. The maximum absolute atomic E-state index is 8.66. The Kier molecular flexibility index (Phi) is 9.87. The smallest absolute Gasteiger partial charge is 0.0590 e. The molecular formula is C10H23NO2. The third-order valence-electron chi connectivity index (χ3n) is 1.89. The van der Waals surface area contributed by atoms with E-state index in [1.54, 1.807) is 0 Å². The molecule has 2 N–H and O–H groups in total. The Bertz CT molecular complexity index is 98.9. The van der Waals surface area contributed by atoms with E-state index in [2.05, 4.69) is 19.2 Å². The maximum atomic E-state index is 8.66. The van der Waals surface area contributed by atoms with Crippen LogP contribution >= 0.6 is 0 Å². The van der Waals surface area contributed by atoms with Crippen LogP contribution in [-0.2, 0) is 4.74 Å². The molecule has 0 rings (SSSR count). The van der Waals surface area contributed by atoms with Gasteiger partial charge in [-0.1, -0.05) is 13.8 Å². The Morgan fingerprint density at radius 1 is 1.38 bits per heavy atom. The van der Waals surface area contributed by atoms with Gasteiger partial charge in [0.05, 0.1) is 6.61 Å². The summed E-state index contributed by atoms with van der Waals surface area (Å²) in [6.45, 7) is 8.06. The number of hydrogen-bond acceptors (Lipinski definition) is 3. The molecule has 0 aliphatic rings. The van der Waals surface area contributed by atoms with Crippen LogP contribution in [0.15, 0.2) is 0 Å². The van der Waals surface area contributed by atoms with Crippen molar-refractivity contribution in [1.29, 1.82) is 0 Å². The molecule has 0 fully saturated rings. The van der Waals surface area contributed by atoms with Gasteiger partial charge in [0.2, 0.25) is 0 Å². The van der Waals surface area contributed by atoms with Crippen LogP contribution in [0.2, 0.25) is 0 Å². The molecule has 0 aromatic rings. The molecule has 0 bridgehead atoms. The molecule has 0 aliphatic heterocycles. The molecule has 0 saturated heterocycles. The standard InChI is InChI=1S/C10H23NO2/c1-3-7-13-8-5-11-9-10(2)4-6-12/h10-12H,3-9H2,1-2H3. The summed E-state index contributed by atoms with van der Waals surface area (Å²) in [5, 5.41) is 11.9. The van der Waals surface area contributed by atoms with Crippen LogP contribution in [0.5, 0.6) is 0 Å². The fourth-order valence-corrected chi connectivity index (χ4v) is 1.06. The van der Waals surface area contributed by atoms with Crippen LogP contribution in [-0.4, -0.2) is 38.0 Å². The minimum Gasteiger partial charge on any atom is -0.396 e. The van der Waals surface area contributed by atoms with Gasteiger partial charge in [0, 0.05) is 19.8 Å². The van der Waals surface area contributed by atoms with E-state index in [0.29, 0.717) is 5.92 Å². The van der Waals surface area contributed by atoms with E-state index in [1.165, 1.54) is 0 Å². The fourth-order valence-electron chi connectivity index (χ4n) is 1.06. The van der Waals surface area contributed by atoms with Crippen LogP contribution in [0, 0.1) is 5.92 Å². The molecule has 0 heterocycles. The van der Waals surface area contributed by atoms with Gasteiger partial charge in [0.25, 0.3) is 0 Å². The second-order valence-corrected chi connectivity index (χ2v) is 3.43. The van der Waals surface area contributed by atoms with Crippen molar-refractivity contribution in [1.82, 2.24) is 5.32 Å². The average molecular weight is 189 g/mol. The molecule has 0 aromatic heterocycles. The highest BCUT2D eigenvalue weighted by Gasteiger charge is 1.99. The van der Waals surface area contributed by atoms with E-state index >= 15 is 0 Å². The fraction of sp³-hybridized carbons (Fsp3) is 1.00. The molecule has 3 nitrogen and oxygen atoms in total. The first-order chi connectivity index (χ1) is 6.31. The largest absolute Gasteiger partial charge is 0.396 e. The predicted octanol–water partition coefficient (Wildman–Crippen LogP) is 1.02. The van der Waals surface area contributed by atoms with E-state index in [-0.39, 0.29) is 6.61 Å². The van der Waals surface area contributed by atoms with E-state index in [9.17, 15) is 0 Å². The first-order valence-electron chi connectivity index (χ1n) is 5.20. The Balaban J connectivity index is 2.97. The molecule has 0 aromatic carbocycles. The quantitative estimate of drug-likeness (QED) is 0.532. The number of nitrogens with one attached hydrogen (secondary N) is 1. The zero-order chi connectivity index (χ0) is 9.94.